The minimum atomic E-state index is 0.185. The molecule has 0 aliphatic carbocycles. The molecule has 3 heterocycles. The van der Waals surface area contributed by atoms with Gasteiger partial charge in [0.15, 0.2) is 11.5 Å². The smallest absolute Gasteiger partial charge is 0.231 e. The zero-order valence-corrected chi connectivity index (χ0v) is 21.1. The van der Waals surface area contributed by atoms with Crippen LogP contribution in [0.5, 0.6) is 23.0 Å². The number of hydrogen-bond donors (Lipinski definition) is 0. The van der Waals surface area contributed by atoms with Crippen LogP contribution in [0.25, 0.3) is 28.2 Å². The highest BCUT2D eigenvalue weighted by Crippen LogP contribution is 2.45. The summed E-state index contributed by atoms with van der Waals surface area (Å²) in [6, 6.07) is 24.3. The second-order valence-electron chi connectivity index (χ2n) is 9.35. The first kappa shape index (κ1) is 23.4. The molecule has 0 spiro atoms. The van der Waals surface area contributed by atoms with Gasteiger partial charge in [0.1, 0.15) is 12.4 Å². The molecule has 7 heteroatoms. The second-order valence-corrected chi connectivity index (χ2v) is 9.35. The number of fused-ring (bicyclic) bond motifs is 1. The van der Waals surface area contributed by atoms with E-state index >= 15 is 0 Å². The number of nitrogens with zero attached hydrogens (tertiary/aromatic N) is 3. The highest BCUT2D eigenvalue weighted by molar-refractivity contribution is 5.75. The van der Waals surface area contributed by atoms with E-state index in [9.17, 15) is 0 Å². The van der Waals surface area contributed by atoms with Crippen molar-refractivity contribution in [1.29, 1.82) is 0 Å². The largest absolute Gasteiger partial charge is 0.493 e. The third-order valence-corrected chi connectivity index (χ3v) is 6.94. The molecule has 0 unspecified atom stereocenters. The van der Waals surface area contributed by atoms with E-state index in [2.05, 4.69) is 23.1 Å². The molecule has 0 N–H and O–H groups in total. The Hall–Kier alpha value is -3.97. The van der Waals surface area contributed by atoms with E-state index in [1.807, 2.05) is 59.3 Å². The van der Waals surface area contributed by atoms with Crippen molar-refractivity contribution in [2.45, 2.75) is 19.3 Å². The SMILES string of the molecule is COc1cc(-c2cc(-c3ccc(OCCN4CCCCC4)cc3)nn2-c2ccccc2)cc2c1OCO2. The van der Waals surface area contributed by atoms with Gasteiger partial charge in [0, 0.05) is 17.7 Å². The zero-order valence-electron chi connectivity index (χ0n) is 21.1. The van der Waals surface area contributed by atoms with E-state index in [1.165, 1.54) is 32.4 Å². The molecular weight excluding hydrogens is 466 g/mol. The first-order valence-corrected chi connectivity index (χ1v) is 12.9. The second kappa shape index (κ2) is 10.6. The van der Waals surface area contributed by atoms with Crippen molar-refractivity contribution in [2.75, 3.05) is 40.1 Å². The van der Waals surface area contributed by atoms with Crippen LogP contribution in [0.3, 0.4) is 0 Å². The Bertz CT molecular complexity index is 1350. The first-order valence-electron chi connectivity index (χ1n) is 12.9. The Labute approximate surface area is 217 Å². The summed E-state index contributed by atoms with van der Waals surface area (Å²) < 4.78 is 24.8. The van der Waals surface area contributed by atoms with Crippen LogP contribution in [0, 0.1) is 0 Å². The first-order chi connectivity index (χ1) is 18.3. The predicted octanol–water partition coefficient (Wildman–Crippen LogP) is 5.81. The summed E-state index contributed by atoms with van der Waals surface area (Å²) in [4.78, 5) is 2.49. The van der Waals surface area contributed by atoms with Crippen LogP contribution in [-0.4, -0.2) is 54.8 Å². The lowest BCUT2D eigenvalue weighted by molar-refractivity contribution is 0.171. The quantitative estimate of drug-likeness (QED) is 0.306. The van der Waals surface area contributed by atoms with Crippen molar-refractivity contribution >= 4 is 0 Å². The van der Waals surface area contributed by atoms with Gasteiger partial charge >= 0.3 is 0 Å². The molecule has 37 heavy (non-hydrogen) atoms. The fourth-order valence-electron chi connectivity index (χ4n) is 4.97. The summed E-state index contributed by atoms with van der Waals surface area (Å²) in [7, 11) is 1.64. The van der Waals surface area contributed by atoms with Gasteiger partial charge in [-0.15, -0.1) is 0 Å². The van der Waals surface area contributed by atoms with E-state index in [0.717, 1.165) is 40.5 Å². The molecule has 0 atom stereocenters. The van der Waals surface area contributed by atoms with E-state index in [0.29, 0.717) is 23.9 Å². The van der Waals surface area contributed by atoms with Crippen molar-refractivity contribution in [3.63, 3.8) is 0 Å². The van der Waals surface area contributed by atoms with Crippen molar-refractivity contribution in [3.05, 3.63) is 72.8 Å². The van der Waals surface area contributed by atoms with Gasteiger partial charge in [-0.05, 0) is 80.5 Å². The van der Waals surface area contributed by atoms with Gasteiger partial charge in [0.25, 0.3) is 0 Å². The Balaban J connectivity index is 1.28. The van der Waals surface area contributed by atoms with Crippen LogP contribution < -0.4 is 18.9 Å². The fraction of sp³-hybridized carbons (Fsp3) is 0.300. The zero-order chi connectivity index (χ0) is 25.0. The minimum absolute atomic E-state index is 0.185. The van der Waals surface area contributed by atoms with Crippen LogP contribution in [0.1, 0.15) is 19.3 Å². The standard InChI is InChI=1S/C30H31N3O4/c1-34-28-18-23(19-29-30(28)37-21-36-29)27-20-26(31-33(27)24-8-4-2-5-9-24)22-10-12-25(13-11-22)35-17-16-32-14-6-3-7-15-32/h2,4-5,8-13,18-20H,3,6-7,14-17,21H2,1H3. The van der Waals surface area contributed by atoms with E-state index in [-0.39, 0.29) is 6.79 Å². The molecule has 1 aromatic heterocycles. The van der Waals surface area contributed by atoms with Gasteiger partial charge in [-0.3, -0.25) is 4.90 Å². The molecule has 0 radical (unpaired) electrons. The normalized spacial score (nSPS) is 15.1. The minimum Gasteiger partial charge on any atom is -0.493 e. The number of ether oxygens (including phenoxy) is 4. The molecule has 190 valence electrons. The van der Waals surface area contributed by atoms with Crippen LogP contribution in [0.4, 0.5) is 0 Å². The number of hydrogen-bond acceptors (Lipinski definition) is 6. The van der Waals surface area contributed by atoms with Gasteiger partial charge in [0.05, 0.1) is 24.2 Å². The van der Waals surface area contributed by atoms with Gasteiger partial charge in [-0.25, -0.2) is 4.68 Å². The summed E-state index contributed by atoms with van der Waals surface area (Å²) in [5.74, 6) is 2.82. The number of likely N-dealkylation sites (tertiary alicyclic amines) is 1. The molecule has 4 aromatic rings. The van der Waals surface area contributed by atoms with Gasteiger partial charge in [-0.1, -0.05) is 24.6 Å². The van der Waals surface area contributed by atoms with Crippen LogP contribution in [-0.2, 0) is 0 Å². The third-order valence-electron chi connectivity index (χ3n) is 6.94. The maximum absolute atomic E-state index is 6.03. The Morgan fingerprint density at radius 2 is 1.68 bits per heavy atom. The molecule has 1 fully saturated rings. The highest BCUT2D eigenvalue weighted by atomic mass is 16.7. The predicted molar refractivity (Wildman–Crippen MR) is 143 cm³/mol. The maximum Gasteiger partial charge on any atom is 0.231 e. The molecule has 2 aliphatic heterocycles. The molecular formula is C30H31N3O4. The highest BCUT2D eigenvalue weighted by Gasteiger charge is 2.23. The molecule has 0 bridgehead atoms. The number of rotatable bonds is 8. The average molecular weight is 498 g/mol. The van der Waals surface area contributed by atoms with Crippen molar-refractivity contribution < 1.29 is 18.9 Å². The van der Waals surface area contributed by atoms with Crippen LogP contribution in [0.15, 0.2) is 72.8 Å². The summed E-state index contributed by atoms with van der Waals surface area (Å²) in [6.45, 7) is 4.24. The number of piperidine rings is 1. The average Bonchev–Trinajstić information content (AvgIpc) is 3.62. The molecule has 6 rings (SSSR count). The van der Waals surface area contributed by atoms with Crippen molar-refractivity contribution in [1.82, 2.24) is 14.7 Å². The van der Waals surface area contributed by atoms with Crippen LogP contribution >= 0.6 is 0 Å². The molecule has 3 aromatic carbocycles. The third kappa shape index (κ3) is 5.00. The number of benzene rings is 3. The molecule has 0 amide bonds. The lowest BCUT2D eigenvalue weighted by Gasteiger charge is -2.26. The Morgan fingerprint density at radius 1 is 0.865 bits per heavy atom. The Kier molecular flexibility index (Phi) is 6.69. The van der Waals surface area contributed by atoms with E-state index < -0.39 is 0 Å². The van der Waals surface area contributed by atoms with Gasteiger partial charge < -0.3 is 18.9 Å². The lowest BCUT2D eigenvalue weighted by atomic mass is 10.1. The number of para-hydroxylation sites is 1. The topological polar surface area (TPSA) is 58.0 Å². The molecule has 2 aliphatic rings. The van der Waals surface area contributed by atoms with Crippen molar-refractivity contribution in [3.8, 4) is 51.2 Å². The van der Waals surface area contributed by atoms with Gasteiger partial charge in [0.2, 0.25) is 12.5 Å². The summed E-state index contributed by atoms with van der Waals surface area (Å²) in [5.41, 5.74) is 4.72. The Morgan fingerprint density at radius 3 is 2.46 bits per heavy atom. The van der Waals surface area contributed by atoms with Crippen molar-refractivity contribution in [2.24, 2.45) is 0 Å². The van der Waals surface area contributed by atoms with Gasteiger partial charge in [-0.2, -0.15) is 5.10 Å². The number of aromatic nitrogens is 2. The van der Waals surface area contributed by atoms with E-state index in [1.54, 1.807) is 7.11 Å². The van der Waals surface area contributed by atoms with E-state index in [4.69, 9.17) is 24.0 Å². The van der Waals surface area contributed by atoms with Crippen LogP contribution in [0.2, 0.25) is 0 Å². The molecule has 1 saturated heterocycles. The molecule has 0 saturated carbocycles. The molecule has 7 nitrogen and oxygen atoms in total. The summed E-state index contributed by atoms with van der Waals surface area (Å²) in [5, 5.41) is 4.99. The summed E-state index contributed by atoms with van der Waals surface area (Å²) in [6.07, 6.45) is 3.94. The fourth-order valence-corrected chi connectivity index (χ4v) is 4.97. The number of methoxy groups -OCH3 is 1. The summed E-state index contributed by atoms with van der Waals surface area (Å²) >= 11 is 0. The lowest BCUT2D eigenvalue weighted by Crippen LogP contribution is -2.33. The maximum atomic E-state index is 6.03. The monoisotopic (exact) mass is 497 g/mol.